The van der Waals surface area contributed by atoms with Crippen molar-refractivity contribution in [3.8, 4) is 0 Å². The van der Waals surface area contributed by atoms with Crippen molar-refractivity contribution in [3.63, 3.8) is 0 Å². The largest absolute Gasteiger partial charge is 0.483 e. The molecule has 184 valence electrons. The van der Waals surface area contributed by atoms with Gasteiger partial charge in [0, 0.05) is 51.9 Å². The number of ether oxygens (including phenoxy) is 1. The Labute approximate surface area is 197 Å². The first-order chi connectivity index (χ1) is 16.0. The molecule has 33 heavy (non-hydrogen) atoms. The molecule has 0 radical (unpaired) electrons. The molecule has 1 aromatic carbocycles. The summed E-state index contributed by atoms with van der Waals surface area (Å²) in [5.41, 5.74) is 3.88. The van der Waals surface area contributed by atoms with Crippen LogP contribution in [0.2, 0.25) is 0 Å². The van der Waals surface area contributed by atoms with E-state index in [1.54, 1.807) is 0 Å². The smallest absolute Gasteiger partial charge is 0.290 e. The van der Waals surface area contributed by atoms with E-state index < -0.39 is 0 Å². The monoisotopic (exact) mass is 460 g/mol. The minimum absolute atomic E-state index is 0.137. The number of benzene rings is 1. The second-order valence-corrected chi connectivity index (χ2v) is 9.35. The number of aryl methyl sites for hydroxylation is 1. The minimum Gasteiger partial charge on any atom is -0.483 e. The predicted molar refractivity (Wildman–Crippen MR) is 131 cm³/mol. The van der Waals surface area contributed by atoms with Crippen LogP contribution in [0.5, 0.6) is 0 Å². The lowest BCUT2D eigenvalue weighted by Gasteiger charge is -2.40. The molecule has 1 atom stereocenters. The number of rotatable bonds is 6. The van der Waals surface area contributed by atoms with Gasteiger partial charge in [0.25, 0.3) is 6.47 Å². The van der Waals surface area contributed by atoms with E-state index >= 15 is 0 Å². The molecular weight excluding hydrogens is 420 g/mol. The molecule has 4 rings (SSSR count). The first-order valence-electron chi connectivity index (χ1n) is 12.3. The third-order valence-corrected chi connectivity index (χ3v) is 7.48. The molecule has 3 aliphatic heterocycles. The van der Waals surface area contributed by atoms with Gasteiger partial charge in [-0.3, -0.25) is 14.5 Å². The van der Waals surface area contributed by atoms with E-state index in [0.717, 1.165) is 78.3 Å². The zero-order valence-corrected chi connectivity index (χ0v) is 20.4. The van der Waals surface area contributed by atoms with Gasteiger partial charge in [-0.2, -0.15) is 0 Å². The predicted octanol–water partition coefficient (Wildman–Crippen LogP) is 2.35. The van der Waals surface area contributed by atoms with Crippen LogP contribution in [0.15, 0.2) is 18.2 Å². The van der Waals surface area contributed by atoms with Crippen molar-refractivity contribution in [2.24, 2.45) is 5.41 Å². The number of piperazine rings is 1. The molecule has 0 unspecified atom stereocenters. The van der Waals surface area contributed by atoms with Crippen LogP contribution >= 0.6 is 0 Å². The highest BCUT2D eigenvalue weighted by atomic mass is 16.5. The second kappa shape index (κ2) is 11.7. The molecule has 0 aliphatic carbocycles. The molecule has 1 aromatic rings. The summed E-state index contributed by atoms with van der Waals surface area (Å²) in [6.07, 6.45) is 2.87. The Morgan fingerprint density at radius 1 is 1.06 bits per heavy atom. The summed E-state index contributed by atoms with van der Waals surface area (Å²) in [6.45, 7) is 14.9. The van der Waals surface area contributed by atoms with E-state index in [9.17, 15) is 4.79 Å². The topological polar surface area (TPSA) is 85.4 Å². The van der Waals surface area contributed by atoms with Crippen molar-refractivity contribution in [2.45, 2.75) is 46.1 Å². The van der Waals surface area contributed by atoms with Gasteiger partial charge in [0.05, 0.1) is 30.0 Å². The van der Waals surface area contributed by atoms with Crippen LogP contribution in [0.1, 0.15) is 38.7 Å². The van der Waals surface area contributed by atoms with Crippen molar-refractivity contribution in [1.29, 1.82) is 0 Å². The molecular formula is C25H40N4O4. The van der Waals surface area contributed by atoms with E-state index in [1.165, 1.54) is 16.9 Å². The molecule has 3 saturated heterocycles. The fourth-order valence-corrected chi connectivity index (χ4v) is 5.37. The summed E-state index contributed by atoms with van der Waals surface area (Å²) < 4.78 is 5.56. The first kappa shape index (κ1) is 25.3. The molecule has 2 N–H and O–H groups in total. The summed E-state index contributed by atoms with van der Waals surface area (Å²) in [5.74, 6) is 0.269. The number of hydrogen-bond acceptors (Lipinski definition) is 6. The van der Waals surface area contributed by atoms with Gasteiger partial charge in [0.1, 0.15) is 0 Å². The van der Waals surface area contributed by atoms with Crippen LogP contribution < -0.4 is 15.1 Å². The lowest BCUT2D eigenvalue weighted by atomic mass is 9.79. The summed E-state index contributed by atoms with van der Waals surface area (Å²) >= 11 is 0. The van der Waals surface area contributed by atoms with Crippen LogP contribution in [0, 0.1) is 12.3 Å². The molecule has 0 spiro atoms. The average molecular weight is 461 g/mol. The highest BCUT2D eigenvalue weighted by Crippen LogP contribution is 2.37. The maximum atomic E-state index is 12.5. The molecule has 3 fully saturated rings. The third-order valence-electron chi connectivity index (χ3n) is 7.48. The van der Waals surface area contributed by atoms with Crippen LogP contribution in [0.3, 0.4) is 0 Å². The number of nitrogens with zero attached hydrogens (tertiary/aromatic N) is 3. The van der Waals surface area contributed by atoms with Crippen molar-refractivity contribution in [2.75, 3.05) is 68.8 Å². The Bertz CT molecular complexity index is 785. The summed E-state index contributed by atoms with van der Waals surface area (Å²) in [7, 11) is 0. The molecule has 8 heteroatoms. The number of anilines is 2. The number of carboxylic acid groups (broad SMARTS) is 1. The van der Waals surface area contributed by atoms with E-state index in [4.69, 9.17) is 14.6 Å². The van der Waals surface area contributed by atoms with Gasteiger partial charge >= 0.3 is 0 Å². The van der Waals surface area contributed by atoms with Crippen LogP contribution in [-0.4, -0.2) is 87.5 Å². The van der Waals surface area contributed by atoms with Gasteiger partial charge in [-0.25, -0.2) is 0 Å². The average Bonchev–Trinajstić information content (AvgIpc) is 3.16. The Hall–Kier alpha value is -2.32. The number of amides is 1. The fraction of sp³-hybridized carbons (Fsp3) is 0.680. The highest BCUT2D eigenvalue weighted by Gasteiger charge is 2.44. The Morgan fingerprint density at radius 2 is 1.67 bits per heavy atom. The lowest BCUT2D eigenvalue weighted by molar-refractivity contribution is -0.128. The molecule has 0 saturated carbocycles. The van der Waals surface area contributed by atoms with E-state index in [-0.39, 0.29) is 17.8 Å². The zero-order valence-electron chi connectivity index (χ0n) is 20.4. The number of carbonyl (C=O) groups excluding carboxylic acids is 1. The van der Waals surface area contributed by atoms with Gasteiger partial charge in [0.2, 0.25) is 5.91 Å². The molecule has 8 nitrogen and oxygen atoms in total. The van der Waals surface area contributed by atoms with Gasteiger partial charge in [-0.1, -0.05) is 19.9 Å². The van der Waals surface area contributed by atoms with Crippen molar-refractivity contribution < 1.29 is 19.4 Å². The van der Waals surface area contributed by atoms with Crippen LogP contribution in [0.4, 0.5) is 11.4 Å². The van der Waals surface area contributed by atoms with E-state index in [2.05, 4.69) is 59.0 Å². The van der Waals surface area contributed by atoms with Gasteiger partial charge in [-0.15, -0.1) is 0 Å². The fourth-order valence-electron chi connectivity index (χ4n) is 5.37. The van der Waals surface area contributed by atoms with Crippen LogP contribution in [-0.2, 0) is 14.3 Å². The third kappa shape index (κ3) is 5.98. The van der Waals surface area contributed by atoms with Crippen molar-refractivity contribution in [1.82, 2.24) is 10.2 Å². The number of hydrogen-bond donors (Lipinski definition) is 2. The normalized spacial score (nSPS) is 23.0. The highest BCUT2D eigenvalue weighted by molar-refractivity contribution is 5.85. The number of morpholine rings is 1. The SMILES string of the molecule is CCC1(CC)C[C@H](CN2CCN(c3ccc(C)cc3N3CCOCC3)CC2)NC1=O.O=CO. The molecule has 3 aliphatic rings. The van der Waals surface area contributed by atoms with Gasteiger partial charge in [0.15, 0.2) is 0 Å². The maximum absolute atomic E-state index is 12.5. The summed E-state index contributed by atoms with van der Waals surface area (Å²) in [4.78, 5) is 28.4. The summed E-state index contributed by atoms with van der Waals surface area (Å²) in [5, 5.41) is 10.2. The van der Waals surface area contributed by atoms with E-state index in [1.807, 2.05) is 0 Å². The Balaban J connectivity index is 0.000000968. The Kier molecular flexibility index (Phi) is 8.97. The zero-order chi connectivity index (χ0) is 23.8. The molecule has 3 heterocycles. The van der Waals surface area contributed by atoms with Crippen molar-refractivity contribution >= 4 is 23.8 Å². The molecule has 0 aromatic heterocycles. The lowest BCUT2D eigenvalue weighted by Crippen LogP contribution is -2.50. The maximum Gasteiger partial charge on any atom is 0.290 e. The quantitative estimate of drug-likeness (QED) is 0.631. The minimum atomic E-state index is -0.250. The molecule has 0 bridgehead atoms. The number of nitrogens with one attached hydrogen (secondary N) is 1. The van der Waals surface area contributed by atoms with Crippen LogP contribution in [0.25, 0.3) is 0 Å². The second-order valence-electron chi connectivity index (χ2n) is 9.35. The van der Waals surface area contributed by atoms with Gasteiger partial charge in [-0.05, 0) is 43.9 Å². The summed E-state index contributed by atoms with van der Waals surface area (Å²) in [6, 6.07) is 7.15. The van der Waals surface area contributed by atoms with E-state index in [0.29, 0.717) is 6.04 Å². The molecule has 1 amide bonds. The van der Waals surface area contributed by atoms with Crippen molar-refractivity contribution in [3.05, 3.63) is 23.8 Å². The number of carbonyl (C=O) groups is 2. The Morgan fingerprint density at radius 3 is 2.24 bits per heavy atom. The standard InChI is InChI=1S/C24H38N4O2.CH2O2/c1-4-24(5-2)17-20(25-23(24)29)18-26-8-10-27(11-9-26)21-7-6-19(3)16-22(21)28-12-14-30-15-13-28;2-1-3/h6-7,16,20H,4-5,8-15,17-18H2,1-3H3,(H,25,29);1H,(H,2,3)/t20-;/m1./s1. The van der Waals surface area contributed by atoms with Gasteiger partial charge < -0.3 is 25.0 Å². The first-order valence-corrected chi connectivity index (χ1v) is 12.3.